The van der Waals surface area contributed by atoms with Gasteiger partial charge in [0.2, 0.25) is 0 Å². The number of carboxylic acids is 1. The van der Waals surface area contributed by atoms with Crippen molar-refractivity contribution < 1.29 is 9.90 Å². The molecule has 1 aromatic heterocycles. The molecule has 0 aliphatic carbocycles. The molecule has 3 nitrogen and oxygen atoms in total. The summed E-state index contributed by atoms with van der Waals surface area (Å²) in [5, 5.41) is 10.2. The van der Waals surface area contributed by atoms with Crippen LogP contribution in [-0.2, 0) is 4.79 Å². The quantitative estimate of drug-likeness (QED) is 0.801. The van der Waals surface area contributed by atoms with E-state index in [1.54, 1.807) is 11.3 Å². The first kappa shape index (κ1) is 16.0. The second-order valence-corrected chi connectivity index (χ2v) is 8.26. The summed E-state index contributed by atoms with van der Waals surface area (Å²) in [6.45, 7) is 0.791. The predicted octanol–water partition coefficient (Wildman–Crippen LogP) is 4.80. The smallest absolute Gasteiger partial charge is 0.320 e. The number of halogens is 2. The Morgan fingerprint density at radius 2 is 2.05 bits per heavy atom. The minimum atomic E-state index is -0.743. The summed E-state index contributed by atoms with van der Waals surface area (Å²) >= 11 is 11.1. The van der Waals surface area contributed by atoms with Crippen molar-refractivity contribution in [3.63, 3.8) is 0 Å². The summed E-state index contributed by atoms with van der Waals surface area (Å²) in [5.41, 5.74) is 1.08. The van der Waals surface area contributed by atoms with E-state index in [2.05, 4.69) is 26.9 Å². The van der Waals surface area contributed by atoms with Crippen LogP contribution in [-0.4, -0.2) is 28.6 Å². The van der Waals surface area contributed by atoms with Crippen LogP contribution in [0.4, 0.5) is 0 Å². The number of carbonyl (C=O) groups is 1. The van der Waals surface area contributed by atoms with E-state index in [0.29, 0.717) is 11.4 Å². The first-order chi connectivity index (χ1) is 10.6. The van der Waals surface area contributed by atoms with Crippen molar-refractivity contribution in [3.8, 4) is 0 Å². The fraction of sp³-hybridized carbons (Fsp3) is 0.312. The summed E-state index contributed by atoms with van der Waals surface area (Å²) in [6.07, 6.45) is 1.61. The highest BCUT2D eigenvalue weighted by molar-refractivity contribution is 9.11. The number of likely N-dealkylation sites (tertiary alicyclic amines) is 1. The SMILES string of the molecule is O=C(O)C1CCCN1C(c1ccc(Cl)cc1)c1ccc(Br)s1. The van der Waals surface area contributed by atoms with Crippen molar-refractivity contribution in [2.24, 2.45) is 0 Å². The maximum absolute atomic E-state index is 11.6. The average Bonchev–Trinajstić information content (AvgIpc) is 3.11. The number of thiophene rings is 1. The fourth-order valence-electron chi connectivity index (χ4n) is 3.00. The molecule has 1 fully saturated rings. The minimum Gasteiger partial charge on any atom is -0.480 e. The molecule has 2 unspecified atom stereocenters. The molecule has 2 atom stereocenters. The Bertz CT molecular complexity index is 673. The molecule has 22 heavy (non-hydrogen) atoms. The van der Waals surface area contributed by atoms with Gasteiger partial charge in [0.15, 0.2) is 0 Å². The van der Waals surface area contributed by atoms with Gasteiger partial charge in [0.05, 0.1) is 9.83 Å². The lowest BCUT2D eigenvalue weighted by Crippen LogP contribution is -2.38. The highest BCUT2D eigenvalue weighted by Crippen LogP contribution is 2.39. The molecule has 1 aliphatic heterocycles. The number of carboxylic acid groups (broad SMARTS) is 1. The van der Waals surface area contributed by atoms with E-state index in [1.807, 2.05) is 30.3 Å². The second-order valence-electron chi connectivity index (χ2n) is 5.33. The van der Waals surface area contributed by atoms with Gasteiger partial charge in [-0.15, -0.1) is 11.3 Å². The maximum Gasteiger partial charge on any atom is 0.320 e. The van der Waals surface area contributed by atoms with Gasteiger partial charge in [-0.05, 0) is 58.6 Å². The summed E-state index contributed by atoms with van der Waals surface area (Å²) in [6, 6.07) is 11.3. The lowest BCUT2D eigenvalue weighted by Gasteiger charge is -2.31. The zero-order valence-electron chi connectivity index (χ0n) is 11.7. The van der Waals surface area contributed by atoms with Gasteiger partial charge in [0, 0.05) is 16.4 Å². The first-order valence-corrected chi connectivity index (χ1v) is 9.04. The van der Waals surface area contributed by atoms with Crippen LogP contribution in [0.2, 0.25) is 5.02 Å². The van der Waals surface area contributed by atoms with Crippen LogP contribution < -0.4 is 0 Å². The van der Waals surface area contributed by atoms with Crippen LogP contribution in [0.3, 0.4) is 0 Å². The highest BCUT2D eigenvalue weighted by Gasteiger charge is 2.37. The number of rotatable bonds is 4. The van der Waals surface area contributed by atoms with Crippen LogP contribution in [0.5, 0.6) is 0 Å². The second kappa shape index (κ2) is 6.71. The van der Waals surface area contributed by atoms with E-state index in [9.17, 15) is 9.90 Å². The van der Waals surface area contributed by atoms with Gasteiger partial charge in [-0.1, -0.05) is 23.7 Å². The monoisotopic (exact) mass is 399 g/mol. The third-order valence-corrected chi connectivity index (χ3v) is 5.89. The Hall–Kier alpha value is -0.880. The Labute approximate surface area is 146 Å². The number of hydrogen-bond donors (Lipinski definition) is 1. The molecule has 2 aromatic rings. The Morgan fingerprint density at radius 3 is 2.64 bits per heavy atom. The standard InChI is InChI=1S/C16H15BrClNO2S/c17-14-8-7-13(22-14)15(10-3-5-11(18)6-4-10)19-9-1-2-12(19)16(20)21/h3-8,12,15H,1-2,9H2,(H,20,21). The van der Waals surface area contributed by atoms with Crippen molar-refractivity contribution in [3.05, 3.63) is 55.6 Å². The summed E-state index contributed by atoms with van der Waals surface area (Å²) in [4.78, 5) is 14.8. The molecule has 6 heteroatoms. The third kappa shape index (κ3) is 3.23. The normalized spacial score (nSPS) is 20.2. The van der Waals surface area contributed by atoms with Crippen molar-refractivity contribution in [2.45, 2.75) is 24.9 Å². The molecule has 0 amide bonds. The number of aliphatic carboxylic acids is 1. The van der Waals surface area contributed by atoms with Crippen molar-refractivity contribution in [1.82, 2.24) is 4.90 Å². The molecular weight excluding hydrogens is 386 g/mol. The van der Waals surface area contributed by atoms with E-state index >= 15 is 0 Å². The molecule has 0 bridgehead atoms. The van der Waals surface area contributed by atoms with E-state index in [4.69, 9.17) is 11.6 Å². The minimum absolute atomic E-state index is 0.0443. The third-order valence-electron chi connectivity index (χ3n) is 3.96. The first-order valence-electron chi connectivity index (χ1n) is 7.05. The van der Waals surface area contributed by atoms with Crippen LogP contribution >= 0.6 is 38.9 Å². The van der Waals surface area contributed by atoms with Gasteiger partial charge >= 0.3 is 5.97 Å². The number of benzene rings is 1. The molecule has 3 rings (SSSR count). The van der Waals surface area contributed by atoms with Gasteiger partial charge in [-0.25, -0.2) is 0 Å². The van der Waals surface area contributed by atoms with E-state index in [1.165, 1.54) is 0 Å². The Balaban J connectivity index is 2.03. The topological polar surface area (TPSA) is 40.5 Å². The van der Waals surface area contributed by atoms with Gasteiger partial charge < -0.3 is 5.11 Å². The van der Waals surface area contributed by atoms with Crippen LogP contribution in [0.15, 0.2) is 40.2 Å². The van der Waals surface area contributed by atoms with E-state index in [0.717, 1.165) is 27.2 Å². The van der Waals surface area contributed by atoms with Gasteiger partial charge in [-0.3, -0.25) is 9.69 Å². The van der Waals surface area contributed by atoms with Crippen LogP contribution in [0.25, 0.3) is 0 Å². The zero-order valence-corrected chi connectivity index (χ0v) is 14.9. The van der Waals surface area contributed by atoms with Crippen molar-refractivity contribution in [1.29, 1.82) is 0 Å². The Kier molecular flexibility index (Phi) is 4.88. The van der Waals surface area contributed by atoms with Gasteiger partial charge in [-0.2, -0.15) is 0 Å². The molecule has 1 N–H and O–H groups in total. The molecule has 1 saturated heterocycles. The maximum atomic E-state index is 11.6. The van der Waals surface area contributed by atoms with Crippen molar-refractivity contribution in [2.75, 3.05) is 6.54 Å². The lowest BCUT2D eigenvalue weighted by atomic mass is 10.0. The zero-order chi connectivity index (χ0) is 15.7. The molecule has 0 saturated carbocycles. The molecule has 0 spiro atoms. The fourth-order valence-corrected chi connectivity index (χ4v) is 4.70. The Morgan fingerprint density at radius 1 is 1.32 bits per heavy atom. The molecule has 1 aromatic carbocycles. The summed E-state index contributed by atoms with van der Waals surface area (Å²) in [5.74, 6) is -0.743. The molecular formula is C16H15BrClNO2S. The molecule has 2 heterocycles. The van der Waals surface area contributed by atoms with E-state index in [-0.39, 0.29) is 6.04 Å². The van der Waals surface area contributed by atoms with Crippen LogP contribution in [0, 0.1) is 0 Å². The lowest BCUT2D eigenvalue weighted by molar-refractivity contribution is -0.142. The number of hydrogen-bond acceptors (Lipinski definition) is 3. The molecule has 1 aliphatic rings. The van der Waals surface area contributed by atoms with Gasteiger partial charge in [0.25, 0.3) is 0 Å². The van der Waals surface area contributed by atoms with Crippen molar-refractivity contribution >= 4 is 44.8 Å². The van der Waals surface area contributed by atoms with Crippen LogP contribution in [0.1, 0.15) is 29.3 Å². The largest absolute Gasteiger partial charge is 0.480 e. The molecule has 0 radical (unpaired) electrons. The highest BCUT2D eigenvalue weighted by atomic mass is 79.9. The van der Waals surface area contributed by atoms with E-state index < -0.39 is 12.0 Å². The average molecular weight is 401 g/mol. The molecule has 116 valence electrons. The summed E-state index contributed by atoms with van der Waals surface area (Å²) in [7, 11) is 0. The predicted molar refractivity (Wildman–Crippen MR) is 92.7 cm³/mol. The summed E-state index contributed by atoms with van der Waals surface area (Å²) < 4.78 is 1.05. The number of nitrogens with zero attached hydrogens (tertiary/aromatic N) is 1. The van der Waals surface area contributed by atoms with Gasteiger partial charge in [0.1, 0.15) is 6.04 Å².